The van der Waals surface area contributed by atoms with Crippen molar-refractivity contribution in [1.82, 2.24) is 21.3 Å². The van der Waals surface area contributed by atoms with Crippen molar-refractivity contribution in [3.8, 4) is 5.75 Å². The molecule has 37 heavy (non-hydrogen) atoms. The lowest BCUT2D eigenvalue weighted by Gasteiger charge is -2.38. The van der Waals surface area contributed by atoms with Crippen LogP contribution in [0, 0.1) is 11.8 Å². The van der Waals surface area contributed by atoms with Crippen molar-refractivity contribution in [2.45, 2.75) is 89.3 Å². The molecule has 1 aromatic carbocycles. The highest BCUT2D eigenvalue weighted by Gasteiger charge is 2.42. The number of fused-ring (bicyclic) bond motifs is 1. The van der Waals surface area contributed by atoms with Gasteiger partial charge in [-0.2, -0.15) is 0 Å². The van der Waals surface area contributed by atoms with Gasteiger partial charge in [-0.25, -0.2) is 0 Å². The van der Waals surface area contributed by atoms with Crippen molar-refractivity contribution in [1.29, 1.82) is 0 Å². The van der Waals surface area contributed by atoms with Crippen molar-refractivity contribution < 1.29 is 23.9 Å². The third kappa shape index (κ3) is 7.02. The second-order valence-corrected chi connectivity index (χ2v) is 11.1. The van der Waals surface area contributed by atoms with E-state index >= 15 is 0 Å². The first-order valence-electron chi connectivity index (χ1n) is 13.7. The first kappa shape index (κ1) is 26.9. The van der Waals surface area contributed by atoms with Crippen LogP contribution in [0.5, 0.6) is 5.75 Å². The molecule has 2 fully saturated rings. The molecule has 2 aliphatic carbocycles. The van der Waals surface area contributed by atoms with Crippen LogP contribution in [0.2, 0.25) is 0 Å². The predicted octanol–water partition coefficient (Wildman–Crippen LogP) is 2.44. The first-order chi connectivity index (χ1) is 17.8. The summed E-state index contributed by atoms with van der Waals surface area (Å²) in [6.45, 7) is 4.73. The van der Waals surface area contributed by atoms with Crippen molar-refractivity contribution in [2.75, 3.05) is 13.2 Å². The molecule has 1 aliphatic heterocycles. The van der Waals surface area contributed by atoms with E-state index in [0.29, 0.717) is 36.6 Å². The van der Waals surface area contributed by atoms with Gasteiger partial charge in [0.25, 0.3) is 5.91 Å². The predicted molar refractivity (Wildman–Crippen MR) is 139 cm³/mol. The number of amides is 4. The molecule has 4 rings (SSSR count). The Morgan fingerprint density at radius 1 is 1.05 bits per heavy atom. The molecule has 9 heteroatoms. The third-order valence-corrected chi connectivity index (χ3v) is 7.74. The average Bonchev–Trinajstić information content (AvgIpc) is 3.72. The maximum atomic E-state index is 13.6. The normalized spacial score (nSPS) is 25.0. The van der Waals surface area contributed by atoms with E-state index in [-0.39, 0.29) is 49.1 Å². The van der Waals surface area contributed by atoms with Crippen LogP contribution < -0.4 is 26.0 Å². The van der Waals surface area contributed by atoms with Crippen LogP contribution in [-0.4, -0.2) is 54.4 Å². The Morgan fingerprint density at radius 3 is 2.49 bits per heavy atom. The average molecular weight is 513 g/mol. The van der Waals surface area contributed by atoms with E-state index < -0.39 is 17.5 Å². The summed E-state index contributed by atoms with van der Waals surface area (Å²) in [7, 11) is 0. The van der Waals surface area contributed by atoms with E-state index in [0.717, 1.165) is 32.1 Å². The number of para-hydroxylation sites is 1. The van der Waals surface area contributed by atoms with E-state index in [4.69, 9.17) is 4.74 Å². The van der Waals surface area contributed by atoms with Crippen LogP contribution >= 0.6 is 0 Å². The smallest absolute Gasteiger partial charge is 0.255 e. The minimum absolute atomic E-state index is 0.0164. The molecule has 0 saturated heterocycles. The quantitative estimate of drug-likeness (QED) is 0.493. The lowest BCUT2D eigenvalue weighted by atomic mass is 9.80. The number of carbonyl (C=O) groups is 4. The Hall–Kier alpha value is -3.10. The Morgan fingerprint density at radius 2 is 1.78 bits per heavy atom. The summed E-state index contributed by atoms with van der Waals surface area (Å²) >= 11 is 0. The van der Waals surface area contributed by atoms with Crippen LogP contribution in [0.4, 0.5) is 0 Å². The van der Waals surface area contributed by atoms with Gasteiger partial charge in [-0.3, -0.25) is 19.2 Å². The van der Waals surface area contributed by atoms with Gasteiger partial charge >= 0.3 is 0 Å². The number of benzene rings is 1. The van der Waals surface area contributed by atoms with Gasteiger partial charge in [0.15, 0.2) is 0 Å². The van der Waals surface area contributed by atoms with Gasteiger partial charge in [0, 0.05) is 13.0 Å². The molecule has 3 aliphatic rings. The van der Waals surface area contributed by atoms with Crippen LogP contribution in [0.3, 0.4) is 0 Å². The summed E-state index contributed by atoms with van der Waals surface area (Å²) in [4.78, 5) is 53.0. The molecule has 1 heterocycles. The van der Waals surface area contributed by atoms with Gasteiger partial charge in [-0.05, 0) is 56.1 Å². The maximum absolute atomic E-state index is 13.6. The number of rotatable bonds is 4. The molecule has 0 unspecified atom stereocenters. The van der Waals surface area contributed by atoms with Gasteiger partial charge in [-0.1, -0.05) is 45.2 Å². The summed E-state index contributed by atoms with van der Waals surface area (Å²) in [6, 6.07) is 5.68. The monoisotopic (exact) mass is 512 g/mol. The van der Waals surface area contributed by atoms with Crippen LogP contribution in [0.25, 0.3) is 0 Å². The molecule has 0 bridgehead atoms. The lowest BCUT2D eigenvalue weighted by molar-refractivity contribution is -0.136. The zero-order chi connectivity index (χ0) is 26.4. The molecule has 4 N–H and O–H groups in total. The molecular weight excluding hydrogens is 472 g/mol. The molecule has 1 spiro atoms. The van der Waals surface area contributed by atoms with Crippen molar-refractivity contribution >= 4 is 23.6 Å². The number of nitrogens with one attached hydrogen (secondary N) is 4. The van der Waals surface area contributed by atoms with Gasteiger partial charge in [0.1, 0.15) is 23.9 Å². The van der Waals surface area contributed by atoms with Crippen molar-refractivity contribution in [3.63, 3.8) is 0 Å². The van der Waals surface area contributed by atoms with E-state index in [9.17, 15) is 19.2 Å². The van der Waals surface area contributed by atoms with Gasteiger partial charge < -0.3 is 26.0 Å². The maximum Gasteiger partial charge on any atom is 0.255 e. The minimum Gasteiger partial charge on any atom is -0.491 e. The highest BCUT2D eigenvalue weighted by Crippen LogP contribution is 2.30. The molecule has 202 valence electrons. The SMILES string of the molecule is CC(C)[C@H]1COc2ccccc2C(=O)N[C@H](C(=O)NCC2CC2)CCC(=O)NC2(CCCCC2)C(=O)N1. The number of carbonyl (C=O) groups excluding carboxylic acids is 4. The molecular formula is C28H40N4O5. The van der Waals surface area contributed by atoms with Gasteiger partial charge in [0.2, 0.25) is 17.7 Å². The Bertz CT molecular complexity index is 1000. The van der Waals surface area contributed by atoms with Crippen molar-refractivity contribution in [3.05, 3.63) is 29.8 Å². The Labute approximate surface area is 218 Å². The topological polar surface area (TPSA) is 126 Å². The summed E-state index contributed by atoms with van der Waals surface area (Å²) in [6.07, 6.45) is 6.19. The van der Waals surface area contributed by atoms with Crippen LogP contribution in [0.1, 0.15) is 82.0 Å². The first-order valence-corrected chi connectivity index (χ1v) is 13.7. The summed E-state index contributed by atoms with van der Waals surface area (Å²) in [5.41, 5.74) is -0.674. The molecule has 0 aromatic heterocycles. The fourth-order valence-electron chi connectivity index (χ4n) is 5.03. The van der Waals surface area contributed by atoms with Crippen LogP contribution in [0.15, 0.2) is 24.3 Å². The van der Waals surface area contributed by atoms with E-state index in [1.165, 1.54) is 0 Å². The Balaban J connectivity index is 1.62. The second kappa shape index (κ2) is 12.0. The van der Waals surface area contributed by atoms with Crippen molar-refractivity contribution in [2.24, 2.45) is 11.8 Å². The van der Waals surface area contributed by atoms with Crippen LogP contribution in [-0.2, 0) is 14.4 Å². The van der Waals surface area contributed by atoms with Gasteiger partial charge in [-0.15, -0.1) is 0 Å². The molecule has 0 radical (unpaired) electrons. The molecule has 9 nitrogen and oxygen atoms in total. The summed E-state index contributed by atoms with van der Waals surface area (Å²) in [5.74, 6) is -0.298. The lowest BCUT2D eigenvalue weighted by Crippen LogP contribution is -2.62. The van der Waals surface area contributed by atoms with E-state index in [1.807, 2.05) is 13.8 Å². The standard InChI is InChI=1S/C28H40N4O5/c1-18(2)22-17-37-23-9-5-4-8-20(23)25(34)30-21(26(35)29-16-19-10-11-19)12-13-24(33)32-28(27(36)31-22)14-6-3-7-15-28/h4-5,8-9,18-19,21-22H,3,6-7,10-17H2,1-2H3,(H,29,35)(H,30,34)(H,31,36)(H,32,33)/t21-,22+/m0/s1. The zero-order valence-corrected chi connectivity index (χ0v) is 21.9. The number of hydrogen-bond acceptors (Lipinski definition) is 5. The number of hydrogen-bond donors (Lipinski definition) is 4. The fraction of sp³-hybridized carbons (Fsp3) is 0.643. The summed E-state index contributed by atoms with van der Waals surface area (Å²) in [5, 5.41) is 11.9. The number of ether oxygens (including phenoxy) is 1. The highest BCUT2D eigenvalue weighted by molar-refractivity contribution is 6.00. The zero-order valence-electron chi connectivity index (χ0n) is 21.9. The molecule has 2 saturated carbocycles. The summed E-state index contributed by atoms with van der Waals surface area (Å²) < 4.78 is 6.07. The van der Waals surface area contributed by atoms with E-state index in [2.05, 4.69) is 21.3 Å². The Kier molecular flexibility index (Phi) is 8.71. The van der Waals surface area contributed by atoms with E-state index in [1.54, 1.807) is 24.3 Å². The molecule has 1 aromatic rings. The van der Waals surface area contributed by atoms with Gasteiger partial charge in [0.05, 0.1) is 11.6 Å². The molecule has 4 amide bonds. The molecule has 2 atom stereocenters. The highest BCUT2D eigenvalue weighted by atomic mass is 16.5. The second-order valence-electron chi connectivity index (χ2n) is 11.1. The minimum atomic E-state index is -0.979. The largest absolute Gasteiger partial charge is 0.491 e. The fourth-order valence-corrected chi connectivity index (χ4v) is 5.03. The third-order valence-electron chi connectivity index (χ3n) is 7.74.